The van der Waals surface area contributed by atoms with Gasteiger partial charge in [-0.3, -0.25) is 9.59 Å². The summed E-state index contributed by atoms with van der Waals surface area (Å²) in [5, 5.41) is 13.1. The normalized spacial score (nSPS) is 18.6. The van der Waals surface area contributed by atoms with Crippen molar-refractivity contribution in [3.63, 3.8) is 0 Å². The van der Waals surface area contributed by atoms with E-state index in [1.807, 2.05) is 50.5 Å². The Morgan fingerprint density at radius 1 is 1.41 bits per heavy atom. The van der Waals surface area contributed by atoms with Gasteiger partial charge in [-0.05, 0) is 31.9 Å². The molecule has 1 saturated heterocycles. The molecule has 0 bridgehead atoms. The van der Waals surface area contributed by atoms with Gasteiger partial charge in [0.2, 0.25) is 11.8 Å². The first kappa shape index (κ1) is 28.1. The monoisotopic (exact) mass is 522 g/mol. The fourth-order valence-electron chi connectivity index (χ4n) is 3.76. The van der Waals surface area contributed by atoms with Crippen molar-refractivity contribution in [2.24, 2.45) is 5.73 Å². The molecule has 4 N–H and O–H groups in total. The van der Waals surface area contributed by atoms with Crippen LogP contribution in [0, 0.1) is 19.3 Å². The molecule has 0 unspecified atom stereocenters. The third kappa shape index (κ3) is 6.52. The molecule has 0 spiro atoms. The average molecular weight is 523 g/mol. The zero-order valence-corrected chi connectivity index (χ0v) is 21.9. The lowest BCUT2D eigenvalue weighted by atomic mass is 10.0. The summed E-state index contributed by atoms with van der Waals surface area (Å²) < 4.78 is -0.601. The molecule has 1 aromatic carbocycles. The Bertz CT molecular complexity index is 1040. The van der Waals surface area contributed by atoms with Crippen LogP contribution in [0.25, 0.3) is 10.4 Å². The zero-order chi connectivity index (χ0) is 24.2. The highest BCUT2D eigenvalue weighted by Crippen LogP contribution is 2.30. The minimum Gasteiger partial charge on any atom is -0.391 e. The number of halogens is 1. The predicted octanol–water partition coefficient (Wildman–Crippen LogP) is 2.59. The van der Waals surface area contributed by atoms with E-state index in [0.717, 1.165) is 21.7 Å². The summed E-state index contributed by atoms with van der Waals surface area (Å²) in [6.07, 6.45) is 4.76. The van der Waals surface area contributed by atoms with Gasteiger partial charge >= 0.3 is 0 Å². The second-order valence-electron chi connectivity index (χ2n) is 8.65. The molecule has 0 aliphatic carbocycles. The number of carbonyl (C=O) groups excluding carboxylic acids is 2. The van der Waals surface area contributed by atoms with Crippen molar-refractivity contribution in [2.75, 3.05) is 12.3 Å². The Labute approximate surface area is 215 Å². The predicted molar refractivity (Wildman–Crippen MR) is 141 cm³/mol. The Balaban J connectivity index is 0.00000408. The summed E-state index contributed by atoms with van der Waals surface area (Å²) in [4.78, 5) is 32.8. The quantitative estimate of drug-likeness (QED) is 0.460. The lowest BCUT2D eigenvalue weighted by Crippen LogP contribution is -2.57. The smallest absolute Gasteiger partial charge is 0.243 e. The number of hydrogen-bond donors (Lipinski definition) is 3. The highest BCUT2D eigenvalue weighted by atomic mass is 35.5. The molecule has 2 heterocycles. The lowest BCUT2D eigenvalue weighted by Gasteiger charge is -2.34. The topological polar surface area (TPSA) is 109 Å². The summed E-state index contributed by atoms with van der Waals surface area (Å²) in [6.45, 7) is 6.10. The molecular weight excluding hydrogens is 492 g/mol. The Morgan fingerprint density at radius 2 is 2.09 bits per heavy atom. The number of terminal acetylenes is 1. The minimum absolute atomic E-state index is 0. The summed E-state index contributed by atoms with van der Waals surface area (Å²) >= 11 is 3.01. The first-order valence-corrected chi connectivity index (χ1v) is 12.6. The Kier molecular flexibility index (Phi) is 9.97. The Hall–Kier alpha value is -2.09. The molecular formula is C24H31ClN4O3S2. The fourth-order valence-corrected chi connectivity index (χ4v) is 5.31. The SMILES string of the molecule is C#CCSC(C)(C)[C@H](N)C(=O)N1C[C@H](O)C[C@H]1C(=O)NCc1ccc(-c2scnc2C)cc1.Cl. The number of benzene rings is 1. The standard InChI is InChI=1S/C24H30N4O3S2.ClH/c1-5-10-33-24(3,4)21(25)23(31)28-13-18(29)11-19(28)22(30)26-12-16-6-8-17(9-7-16)20-15(2)27-14-32-20;/h1,6-9,14,18-19,21,29H,10-13,25H2,2-4H3,(H,26,30);1H/t18-,19+,21-;/m1./s1. The zero-order valence-electron chi connectivity index (χ0n) is 19.5. The van der Waals surface area contributed by atoms with Crippen LogP contribution in [0.5, 0.6) is 0 Å². The summed E-state index contributed by atoms with van der Waals surface area (Å²) in [6, 6.07) is 6.33. The number of rotatable bonds is 8. The number of thiazole rings is 1. The van der Waals surface area contributed by atoms with Crippen LogP contribution in [0.3, 0.4) is 0 Å². The van der Waals surface area contributed by atoms with Crippen LogP contribution in [0.15, 0.2) is 29.8 Å². The third-order valence-electron chi connectivity index (χ3n) is 5.84. The molecule has 0 saturated carbocycles. The van der Waals surface area contributed by atoms with Crippen molar-refractivity contribution in [1.29, 1.82) is 0 Å². The molecule has 184 valence electrons. The van der Waals surface area contributed by atoms with Gasteiger partial charge in [0.1, 0.15) is 6.04 Å². The van der Waals surface area contributed by atoms with E-state index >= 15 is 0 Å². The number of carbonyl (C=O) groups is 2. The van der Waals surface area contributed by atoms with Crippen LogP contribution < -0.4 is 11.1 Å². The van der Waals surface area contributed by atoms with Gasteiger partial charge in [0.25, 0.3) is 0 Å². The third-order valence-corrected chi connectivity index (χ3v) is 8.12. The van der Waals surface area contributed by atoms with Crippen molar-refractivity contribution in [1.82, 2.24) is 15.2 Å². The molecule has 1 aromatic heterocycles. The van der Waals surface area contributed by atoms with Crippen LogP contribution in [0.2, 0.25) is 0 Å². The molecule has 3 rings (SSSR count). The maximum Gasteiger partial charge on any atom is 0.243 e. The molecule has 7 nitrogen and oxygen atoms in total. The second kappa shape index (κ2) is 12.0. The van der Waals surface area contributed by atoms with Gasteiger partial charge in [0.05, 0.1) is 34.0 Å². The first-order valence-electron chi connectivity index (χ1n) is 10.7. The van der Waals surface area contributed by atoms with Crippen molar-refractivity contribution < 1.29 is 14.7 Å². The maximum atomic E-state index is 13.1. The molecule has 3 atom stereocenters. The summed E-state index contributed by atoms with van der Waals surface area (Å²) in [5.41, 5.74) is 11.1. The summed E-state index contributed by atoms with van der Waals surface area (Å²) in [7, 11) is 0. The summed E-state index contributed by atoms with van der Waals surface area (Å²) in [5.74, 6) is 2.32. The van der Waals surface area contributed by atoms with Gasteiger partial charge in [0.15, 0.2) is 0 Å². The highest BCUT2D eigenvalue weighted by Gasteiger charge is 2.43. The number of amides is 2. The lowest BCUT2D eigenvalue weighted by molar-refractivity contribution is -0.140. The molecule has 2 aromatic rings. The van der Waals surface area contributed by atoms with E-state index in [1.165, 1.54) is 16.7 Å². The number of nitrogens with one attached hydrogen (secondary N) is 1. The number of hydrogen-bond acceptors (Lipinski definition) is 7. The second-order valence-corrected chi connectivity index (χ2v) is 11.1. The number of nitrogens with zero attached hydrogens (tertiary/aromatic N) is 2. The van der Waals surface area contributed by atoms with Crippen LogP contribution in [-0.4, -0.2) is 62.0 Å². The fraction of sp³-hybridized carbons (Fsp3) is 0.458. The van der Waals surface area contributed by atoms with Gasteiger partial charge in [-0.25, -0.2) is 4.98 Å². The molecule has 1 fully saturated rings. The van der Waals surface area contributed by atoms with E-state index in [4.69, 9.17) is 12.2 Å². The van der Waals surface area contributed by atoms with Crippen LogP contribution in [0.1, 0.15) is 31.5 Å². The number of likely N-dealkylation sites (tertiary alicyclic amines) is 1. The van der Waals surface area contributed by atoms with E-state index in [-0.39, 0.29) is 37.2 Å². The van der Waals surface area contributed by atoms with Crippen molar-refractivity contribution in [3.05, 3.63) is 41.0 Å². The molecule has 2 amide bonds. The number of aryl methyl sites for hydroxylation is 1. The van der Waals surface area contributed by atoms with Crippen molar-refractivity contribution in [2.45, 2.75) is 56.7 Å². The number of aliphatic hydroxyl groups excluding tert-OH is 1. The van der Waals surface area contributed by atoms with Gasteiger partial charge < -0.3 is 21.1 Å². The highest BCUT2D eigenvalue weighted by molar-refractivity contribution is 8.00. The largest absolute Gasteiger partial charge is 0.391 e. The molecule has 1 aliphatic heterocycles. The van der Waals surface area contributed by atoms with E-state index in [1.54, 1.807) is 11.3 Å². The van der Waals surface area contributed by atoms with Crippen LogP contribution in [0.4, 0.5) is 0 Å². The number of nitrogens with two attached hydrogens (primary N) is 1. The van der Waals surface area contributed by atoms with Gasteiger partial charge in [-0.15, -0.1) is 41.9 Å². The maximum absolute atomic E-state index is 13.1. The van der Waals surface area contributed by atoms with E-state index in [2.05, 4.69) is 16.2 Å². The number of aliphatic hydroxyl groups is 1. The first-order chi connectivity index (χ1) is 15.6. The van der Waals surface area contributed by atoms with E-state index in [0.29, 0.717) is 12.3 Å². The van der Waals surface area contributed by atoms with Gasteiger partial charge in [0, 0.05) is 24.3 Å². The molecule has 10 heteroatoms. The van der Waals surface area contributed by atoms with Gasteiger partial charge in [-0.1, -0.05) is 30.2 Å². The van der Waals surface area contributed by atoms with E-state index < -0.39 is 22.9 Å². The van der Waals surface area contributed by atoms with Crippen LogP contribution in [-0.2, 0) is 16.1 Å². The molecule has 1 aliphatic rings. The van der Waals surface area contributed by atoms with Gasteiger partial charge in [-0.2, -0.15) is 0 Å². The Morgan fingerprint density at radius 3 is 2.68 bits per heavy atom. The van der Waals surface area contributed by atoms with Crippen LogP contribution >= 0.6 is 35.5 Å². The van der Waals surface area contributed by atoms with Crippen molar-refractivity contribution >= 4 is 47.3 Å². The number of β-amino-alcohol motifs (C(OH)–C–C–N with tert-alkyl or cyclic N) is 1. The minimum atomic E-state index is -0.848. The van der Waals surface area contributed by atoms with Crippen molar-refractivity contribution in [3.8, 4) is 22.8 Å². The molecule has 0 radical (unpaired) electrons. The average Bonchev–Trinajstić information content (AvgIpc) is 3.40. The number of thioether (sulfide) groups is 1. The van der Waals surface area contributed by atoms with E-state index in [9.17, 15) is 14.7 Å². The molecule has 34 heavy (non-hydrogen) atoms. The number of aromatic nitrogens is 1.